The van der Waals surface area contributed by atoms with Crippen LogP contribution in [0.2, 0.25) is 0 Å². The molecule has 26 heavy (non-hydrogen) atoms. The summed E-state index contributed by atoms with van der Waals surface area (Å²) < 4.78 is 0. The monoisotopic (exact) mass is 407 g/mol. The summed E-state index contributed by atoms with van der Waals surface area (Å²) in [5.41, 5.74) is 0. The molecule has 0 fully saturated rings. The first-order valence-corrected chi connectivity index (χ1v) is 8.08. The third-order valence-corrected chi connectivity index (χ3v) is 2.09. The van der Waals surface area contributed by atoms with Gasteiger partial charge in [-0.3, -0.25) is 6.08 Å². The van der Waals surface area contributed by atoms with Crippen molar-refractivity contribution in [2.24, 2.45) is 0 Å². The van der Waals surface area contributed by atoms with E-state index in [1.54, 1.807) is 0 Å². The Bertz CT molecular complexity index is 154. The van der Waals surface area contributed by atoms with Crippen LogP contribution in [0.1, 0.15) is 48.0 Å². The molecule has 0 saturated carbocycles. The number of nitrogens with one attached hydrogen (secondary N) is 3. The van der Waals surface area contributed by atoms with E-state index in [9.17, 15) is 0 Å². The Labute approximate surface area is 186 Å². The minimum absolute atomic E-state index is 0. The summed E-state index contributed by atoms with van der Waals surface area (Å²) in [6.45, 7) is 19.2. The average Bonchev–Trinajstić information content (AvgIpc) is 3.02. The van der Waals surface area contributed by atoms with Gasteiger partial charge >= 0.3 is 0 Å². The zero-order valence-corrected chi connectivity index (χ0v) is 21.7. The van der Waals surface area contributed by atoms with Gasteiger partial charge in [0.05, 0.1) is 0 Å². The van der Waals surface area contributed by atoms with E-state index in [2.05, 4.69) is 69.6 Å². The van der Waals surface area contributed by atoms with Crippen LogP contribution in [0, 0.1) is 43.2 Å². The van der Waals surface area contributed by atoms with Crippen LogP contribution in [0.25, 0.3) is 0 Å². The smallest absolute Gasteiger partial charge is 0 e. The van der Waals surface area contributed by atoms with Gasteiger partial charge in [0, 0.05) is 21.7 Å². The van der Waals surface area contributed by atoms with Gasteiger partial charge in [0.15, 0.2) is 0 Å². The van der Waals surface area contributed by atoms with Crippen LogP contribution in [-0.4, -0.2) is 39.3 Å². The molecule has 166 valence electrons. The molecule has 0 aromatic rings. The number of hydrogen-bond acceptors (Lipinski definition) is 3. The second kappa shape index (κ2) is 73.4. The fourth-order valence-electron chi connectivity index (χ4n) is 1.09. The predicted octanol–water partition coefficient (Wildman–Crippen LogP) is 5.40. The molecule has 0 bridgehead atoms. The standard InChI is InChI=1S/C5H5.3C4H11N.5CH3.Ti/c1-2-4-5-3-1;3*1-3-5-4-2;;;;;;/h1-3H,4H2;3*5H,3-4H2,1-2H3;5*1H3;/q-1;;;;5*-1;. The van der Waals surface area contributed by atoms with Crippen molar-refractivity contribution in [3.8, 4) is 0 Å². The third-order valence-electron chi connectivity index (χ3n) is 2.09. The van der Waals surface area contributed by atoms with Crippen LogP contribution < -0.4 is 16.0 Å². The van der Waals surface area contributed by atoms with Crippen LogP contribution in [0.3, 0.4) is 0 Å². The topological polar surface area (TPSA) is 36.1 Å². The van der Waals surface area contributed by atoms with E-state index >= 15 is 0 Å². The van der Waals surface area contributed by atoms with Crippen LogP contribution in [0.5, 0.6) is 0 Å². The van der Waals surface area contributed by atoms with Gasteiger partial charge in [0.25, 0.3) is 0 Å². The normalized spacial score (nSPS) is 8.23. The fraction of sp³-hybridized carbons (Fsp3) is 0.591. The van der Waals surface area contributed by atoms with Gasteiger partial charge in [0.1, 0.15) is 0 Å². The molecule has 3 nitrogen and oxygen atoms in total. The summed E-state index contributed by atoms with van der Waals surface area (Å²) >= 11 is 0. The van der Waals surface area contributed by atoms with Crippen molar-refractivity contribution in [2.75, 3.05) is 39.3 Å². The Morgan fingerprint density at radius 2 is 0.885 bits per heavy atom. The summed E-state index contributed by atoms with van der Waals surface area (Å²) in [4.78, 5) is 0. The van der Waals surface area contributed by atoms with Crippen LogP contribution >= 0.6 is 0 Å². The van der Waals surface area contributed by atoms with Gasteiger partial charge in [-0.2, -0.15) is 6.08 Å². The number of allylic oxidation sites excluding steroid dienone is 4. The number of hydrogen-bond donors (Lipinski definition) is 3. The van der Waals surface area contributed by atoms with E-state index in [4.69, 9.17) is 0 Å². The Hall–Kier alpha value is 0.0743. The first kappa shape index (κ1) is 56.2. The summed E-state index contributed by atoms with van der Waals surface area (Å²) in [7, 11) is 0. The second-order valence-electron chi connectivity index (χ2n) is 3.87. The summed E-state index contributed by atoms with van der Waals surface area (Å²) in [5, 5.41) is 9.33. The molecule has 0 aliphatic heterocycles. The largest absolute Gasteiger partial charge is 0.358 e. The molecule has 1 rings (SSSR count). The molecule has 0 radical (unpaired) electrons. The second-order valence-corrected chi connectivity index (χ2v) is 3.87. The molecule has 0 unspecified atom stereocenters. The van der Waals surface area contributed by atoms with Gasteiger partial charge in [0.2, 0.25) is 0 Å². The zero-order chi connectivity index (χ0) is 15.9. The molecule has 0 saturated heterocycles. The third kappa shape index (κ3) is 105. The van der Waals surface area contributed by atoms with Crippen molar-refractivity contribution in [2.45, 2.75) is 48.0 Å². The summed E-state index contributed by atoms with van der Waals surface area (Å²) in [6.07, 6.45) is 10.0. The van der Waals surface area contributed by atoms with Crippen LogP contribution in [0.4, 0.5) is 0 Å². The molecule has 4 heteroatoms. The van der Waals surface area contributed by atoms with Gasteiger partial charge in [-0.25, -0.2) is 12.2 Å². The summed E-state index contributed by atoms with van der Waals surface area (Å²) in [5.74, 6) is 0. The first-order chi connectivity index (χ1) is 9.74. The Balaban J connectivity index is -0.0000000197. The first-order valence-electron chi connectivity index (χ1n) is 8.08. The SMILES string of the molecule is CCNCC.CCNCC.CCNCC.[C-]1=CC=CC1.[CH3-].[CH3-].[CH3-].[CH3-].[CH3-].[Ti]. The number of rotatable bonds is 6. The summed E-state index contributed by atoms with van der Waals surface area (Å²) in [6, 6.07) is 0. The maximum Gasteiger partial charge on any atom is 0 e. The van der Waals surface area contributed by atoms with Crippen molar-refractivity contribution in [3.63, 3.8) is 0 Å². The molecule has 0 aromatic heterocycles. The molecule has 0 spiro atoms. The molecule has 0 heterocycles. The average molecular weight is 408 g/mol. The van der Waals surface area contributed by atoms with Crippen LogP contribution in [0.15, 0.2) is 18.2 Å². The van der Waals surface area contributed by atoms with Crippen molar-refractivity contribution < 1.29 is 21.7 Å². The van der Waals surface area contributed by atoms with Crippen molar-refractivity contribution in [1.82, 2.24) is 16.0 Å². The van der Waals surface area contributed by atoms with E-state index < -0.39 is 0 Å². The van der Waals surface area contributed by atoms with Crippen molar-refractivity contribution in [1.29, 1.82) is 0 Å². The van der Waals surface area contributed by atoms with Gasteiger partial charge in [-0.15, -0.1) is 6.42 Å². The van der Waals surface area contributed by atoms with Crippen molar-refractivity contribution >= 4 is 0 Å². The van der Waals surface area contributed by atoms with E-state index in [-0.39, 0.29) is 58.9 Å². The maximum absolute atomic E-state index is 3.11. The predicted molar refractivity (Wildman–Crippen MR) is 126 cm³/mol. The minimum Gasteiger partial charge on any atom is -0.358 e. The zero-order valence-electron chi connectivity index (χ0n) is 20.2. The molecular formula is C22H53N3Ti-6. The minimum atomic E-state index is 0. The molecule has 0 amide bonds. The Morgan fingerprint density at radius 1 is 0.615 bits per heavy atom. The molecule has 1 aliphatic carbocycles. The van der Waals surface area contributed by atoms with Gasteiger partial charge in [-0.1, -0.05) is 41.5 Å². The van der Waals surface area contributed by atoms with Crippen LogP contribution in [-0.2, 0) is 21.7 Å². The quantitative estimate of drug-likeness (QED) is 0.407. The van der Waals surface area contributed by atoms with E-state index in [0.29, 0.717) is 0 Å². The van der Waals surface area contributed by atoms with E-state index in [1.807, 2.05) is 12.2 Å². The Morgan fingerprint density at radius 3 is 0.923 bits per heavy atom. The molecule has 0 aromatic carbocycles. The fourth-order valence-corrected chi connectivity index (χ4v) is 1.09. The van der Waals surface area contributed by atoms with E-state index in [0.717, 1.165) is 45.7 Å². The maximum atomic E-state index is 3.11. The molecule has 0 atom stereocenters. The molecule has 1 aliphatic rings. The molecule has 3 N–H and O–H groups in total. The van der Waals surface area contributed by atoms with Gasteiger partial charge < -0.3 is 53.1 Å². The van der Waals surface area contributed by atoms with E-state index in [1.165, 1.54) is 0 Å². The van der Waals surface area contributed by atoms with Gasteiger partial charge in [-0.05, 0) is 39.3 Å². The van der Waals surface area contributed by atoms with Crippen molar-refractivity contribution in [3.05, 3.63) is 61.4 Å². The molecular weight excluding hydrogens is 354 g/mol. The Kier molecular flexibility index (Phi) is 159.